The second kappa shape index (κ2) is 10.9. The molecule has 0 aliphatic heterocycles. The molecule has 0 aliphatic rings. The molecule has 0 amide bonds. The molecule has 0 spiro atoms. The molecule has 5 nitrogen and oxygen atoms in total. The number of aromatic nitrogens is 1. The Bertz CT molecular complexity index is 427. The average Bonchev–Trinajstić information content (AvgIpc) is 2.57. The predicted octanol–water partition coefficient (Wildman–Crippen LogP) is 2.97. The molecule has 5 heteroatoms. The van der Waals surface area contributed by atoms with E-state index >= 15 is 0 Å². The van der Waals surface area contributed by atoms with Gasteiger partial charge in [0.1, 0.15) is 0 Å². The van der Waals surface area contributed by atoms with Gasteiger partial charge < -0.3 is 15.4 Å². The van der Waals surface area contributed by atoms with E-state index in [4.69, 9.17) is 4.74 Å². The summed E-state index contributed by atoms with van der Waals surface area (Å²) < 4.78 is 5.48. The van der Waals surface area contributed by atoms with Crippen LogP contribution in [0.2, 0.25) is 0 Å². The number of hydrogen-bond donors (Lipinski definition) is 2. The smallest absolute Gasteiger partial charge is 0.213 e. The van der Waals surface area contributed by atoms with Crippen LogP contribution in [0, 0.1) is 5.92 Å². The summed E-state index contributed by atoms with van der Waals surface area (Å²) in [5.41, 5.74) is 1.11. The van der Waals surface area contributed by atoms with E-state index in [2.05, 4.69) is 41.4 Å². The van der Waals surface area contributed by atoms with Gasteiger partial charge in [0, 0.05) is 32.4 Å². The molecule has 1 aromatic heterocycles. The van der Waals surface area contributed by atoms with Crippen LogP contribution in [-0.4, -0.2) is 31.1 Å². The van der Waals surface area contributed by atoms with E-state index in [-0.39, 0.29) is 0 Å². The first-order valence-corrected chi connectivity index (χ1v) is 8.25. The molecule has 0 aliphatic carbocycles. The van der Waals surface area contributed by atoms with Crippen molar-refractivity contribution in [2.45, 2.75) is 46.6 Å². The average molecular weight is 306 g/mol. The SMILES string of the molecule is CCCOc1ccc(CNC(=NC)NCC(CC)CC)cn1. The second-order valence-electron chi connectivity index (χ2n) is 5.34. The quantitative estimate of drug-likeness (QED) is 0.544. The maximum atomic E-state index is 5.48. The van der Waals surface area contributed by atoms with Crippen LogP contribution >= 0.6 is 0 Å². The molecule has 0 saturated carbocycles. The molecular formula is C17H30N4O. The molecule has 1 heterocycles. The van der Waals surface area contributed by atoms with Gasteiger partial charge in [0.15, 0.2) is 5.96 Å². The Labute approximate surface area is 134 Å². The third-order valence-corrected chi connectivity index (χ3v) is 3.65. The van der Waals surface area contributed by atoms with Gasteiger partial charge in [-0.25, -0.2) is 4.98 Å². The molecule has 0 saturated heterocycles. The van der Waals surface area contributed by atoms with E-state index in [1.54, 1.807) is 7.05 Å². The van der Waals surface area contributed by atoms with Gasteiger partial charge in [-0.3, -0.25) is 4.99 Å². The lowest BCUT2D eigenvalue weighted by Gasteiger charge is -2.16. The second-order valence-corrected chi connectivity index (χ2v) is 5.34. The van der Waals surface area contributed by atoms with Gasteiger partial charge in [0.05, 0.1) is 6.61 Å². The first-order valence-electron chi connectivity index (χ1n) is 8.25. The van der Waals surface area contributed by atoms with Gasteiger partial charge in [-0.2, -0.15) is 0 Å². The molecule has 0 radical (unpaired) electrons. The lowest BCUT2D eigenvalue weighted by molar-refractivity contribution is 0.305. The van der Waals surface area contributed by atoms with Crippen LogP contribution in [0.3, 0.4) is 0 Å². The first-order chi connectivity index (χ1) is 10.7. The van der Waals surface area contributed by atoms with E-state index < -0.39 is 0 Å². The van der Waals surface area contributed by atoms with Crippen molar-refractivity contribution in [2.24, 2.45) is 10.9 Å². The summed E-state index contributed by atoms with van der Waals surface area (Å²) in [6.45, 7) is 8.88. The third kappa shape index (κ3) is 6.78. The zero-order chi connectivity index (χ0) is 16.2. The number of nitrogens with one attached hydrogen (secondary N) is 2. The van der Waals surface area contributed by atoms with Gasteiger partial charge in [-0.05, 0) is 17.9 Å². The Balaban J connectivity index is 2.39. The molecule has 22 heavy (non-hydrogen) atoms. The van der Waals surface area contributed by atoms with E-state index in [1.807, 2.05) is 18.3 Å². The van der Waals surface area contributed by atoms with Gasteiger partial charge in [0.25, 0.3) is 0 Å². The fourth-order valence-corrected chi connectivity index (χ4v) is 2.03. The summed E-state index contributed by atoms with van der Waals surface area (Å²) in [7, 11) is 1.79. The highest BCUT2D eigenvalue weighted by Gasteiger charge is 2.05. The van der Waals surface area contributed by atoms with Crippen molar-refractivity contribution >= 4 is 5.96 Å². The highest BCUT2D eigenvalue weighted by atomic mass is 16.5. The molecule has 0 atom stereocenters. The van der Waals surface area contributed by atoms with Crippen molar-refractivity contribution in [1.29, 1.82) is 0 Å². The normalized spacial score (nSPS) is 11.6. The van der Waals surface area contributed by atoms with Gasteiger partial charge in [-0.1, -0.05) is 39.7 Å². The van der Waals surface area contributed by atoms with E-state index in [1.165, 1.54) is 12.8 Å². The Kier molecular flexibility index (Phi) is 9.03. The molecule has 0 aromatic carbocycles. The fraction of sp³-hybridized carbons (Fsp3) is 0.647. The number of nitrogens with zero attached hydrogens (tertiary/aromatic N) is 2. The largest absolute Gasteiger partial charge is 0.478 e. The van der Waals surface area contributed by atoms with Crippen LogP contribution in [0.4, 0.5) is 0 Å². The van der Waals surface area contributed by atoms with Crippen molar-refractivity contribution < 1.29 is 4.74 Å². The number of rotatable bonds is 9. The summed E-state index contributed by atoms with van der Waals surface area (Å²) >= 11 is 0. The number of pyridine rings is 1. The molecule has 1 rings (SSSR count). The molecule has 124 valence electrons. The standard InChI is InChI=1S/C17H30N4O/c1-5-10-22-16-9-8-15(12-19-16)13-21-17(18-4)20-11-14(6-2)7-3/h8-9,12,14H,5-7,10-11,13H2,1-4H3,(H2,18,20,21). The Hall–Kier alpha value is -1.78. The summed E-state index contributed by atoms with van der Waals surface area (Å²) in [5.74, 6) is 2.20. The Morgan fingerprint density at radius 2 is 2.00 bits per heavy atom. The molecule has 2 N–H and O–H groups in total. The minimum absolute atomic E-state index is 0.682. The number of guanidine groups is 1. The van der Waals surface area contributed by atoms with E-state index in [9.17, 15) is 0 Å². The Morgan fingerprint density at radius 3 is 2.55 bits per heavy atom. The van der Waals surface area contributed by atoms with Crippen molar-refractivity contribution in [1.82, 2.24) is 15.6 Å². The van der Waals surface area contributed by atoms with Crippen LogP contribution in [0.25, 0.3) is 0 Å². The van der Waals surface area contributed by atoms with Crippen molar-refractivity contribution in [3.05, 3.63) is 23.9 Å². The number of ether oxygens (including phenoxy) is 1. The van der Waals surface area contributed by atoms with Crippen LogP contribution in [0.15, 0.2) is 23.3 Å². The van der Waals surface area contributed by atoms with Crippen molar-refractivity contribution in [2.75, 3.05) is 20.2 Å². The minimum Gasteiger partial charge on any atom is -0.478 e. The zero-order valence-electron chi connectivity index (χ0n) is 14.4. The van der Waals surface area contributed by atoms with Gasteiger partial charge in [-0.15, -0.1) is 0 Å². The summed E-state index contributed by atoms with van der Waals surface area (Å²) in [5, 5.41) is 6.68. The molecule has 0 unspecified atom stereocenters. The lowest BCUT2D eigenvalue weighted by Crippen LogP contribution is -2.39. The number of aliphatic imine (C=N–C) groups is 1. The number of hydrogen-bond acceptors (Lipinski definition) is 3. The Morgan fingerprint density at radius 1 is 1.23 bits per heavy atom. The maximum absolute atomic E-state index is 5.48. The van der Waals surface area contributed by atoms with Gasteiger partial charge in [0.2, 0.25) is 5.88 Å². The summed E-state index contributed by atoms with van der Waals surface area (Å²) in [4.78, 5) is 8.55. The van der Waals surface area contributed by atoms with Crippen LogP contribution in [-0.2, 0) is 6.54 Å². The van der Waals surface area contributed by atoms with Gasteiger partial charge >= 0.3 is 0 Å². The van der Waals surface area contributed by atoms with Crippen LogP contribution in [0.5, 0.6) is 5.88 Å². The minimum atomic E-state index is 0.682. The summed E-state index contributed by atoms with van der Waals surface area (Å²) in [6.07, 6.45) is 5.20. The van der Waals surface area contributed by atoms with Crippen molar-refractivity contribution in [3.63, 3.8) is 0 Å². The topological polar surface area (TPSA) is 58.5 Å². The molecule has 0 bridgehead atoms. The van der Waals surface area contributed by atoms with Crippen LogP contribution in [0.1, 0.15) is 45.6 Å². The highest BCUT2D eigenvalue weighted by molar-refractivity contribution is 5.79. The van der Waals surface area contributed by atoms with E-state index in [0.29, 0.717) is 24.9 Å². The van der Waals surface area contributed by atoms with Crippen LogP contribution < -0.4 is 15.4 Å². The molecule has 1 aromatic rings. The zero-order valence-corrected chi connectivity index (χ0v) is 14.4. The first kappa shape index (κ1) is 18.3. The summed E-state index contributed by atoms with van der Waals surface area (Å²) in [6, 6.07) is 3.94. The monoisotopic (exact) mass is 306 g/mol. The third-order valence-electron chi connectivity index (χ3n) is 3.65. The highest BCUT2D eigenvalue weighted by Crippen LogP contribution is 2.08. The van der Waals surface area contributed by atoms with E-state index in [0.717, 1.165) is 24.5 Å². The fourth-order valence-electron chi connectivity index (χ4n) is 2.03. The predicted molar refractivity (Wildman–Crippen MR) is 92.3 cm³/mol. The van der Waals surface area contributed by atoms with Crippen molar-refractivity contribution in [3.8, 4) is 5.88 Å². The molecular weight excluding hydrogens is 276 g/mol. The maximum Gasteiger partial charge on any atom is 0.213 e. The molecule has 0 fully saturated rings. The lowest BCUT2D eigenvalue weighted by atomic mass is 10.0.